The average molecular weight is 404 g/mol. The Morgan fingerprint density at radius 3 is 2.57 bits per heavy atom. The summed E-state index contributed by atoms with van der Waals surface area (Å²) in [7, 11) is 3.54. The van der Waals surface area contributed by atoms with Gasteiger partial charge in [-0.3, -0.25) is 9.59 Å². The summed E-state index contributed by atoms with van der Waals surface area (Å²) in [5.74, 6) is -0.314. The second kappa shape index (κ2) is 9.26. The summed E-state index contributed by atoms with van der Waals surface area (Å²) in [4.78, 5) is 29.5. The van der Waals surface area contributed by atoms with Gasteiger partial charge in [0.25, 0.3) is 5.91 Å². The third kappa shape index (κ3) is 4.94. The Labute approximate surface area is 170 Å². The molecule has 1 fully saturated rings. The lowest BCUT2D eigenvalue weighted by molar-refractivity contribution is -0.133. The van der Waals surface area contributed by atoms with E-state index in [0.717, 1.165) is 18.5 Å². The minimum Gasteiger partial charge on any atom is -0.383 e. The van der Waals surface area contributed by atoms with Gasteiger partial charge in [-0.2, -0.15) is 0 Å². The van der Waals surface area contributed by atoms with Crippen LogP contribution in [0.1, 0.15) is 28.9 Å². The normalized spacial score (nSPS) is 13.4. The predicted octanol–water partition coefficient (Wildman–Crippen LogP) is 2.96. The third-order valence-electron chi connectivity index (χ3n) is 4.97. The number of carbonyl (C=O) groups excluding carboxylic acids is 2. The number of methoxy groups -OCH3 is 1. The molecule has 1 saturated carbocycles. The lowest BCUT2D eigenvalue weighted by Gasteiger charge is -2.28. The smallest absolute Gasteiger partial charge is 0.255 e. The molecule has 0 N–H and O–H groups in total. The van der Waals surface area contributed by atoms with Crippen LogP contribution >= 0.6 is 11.6 Å². The highest BCUT2D eigenvalue weighted by molar-refractivity contribution is 6.33. The molecule has 0 aliphatic heterocycles. The van der Waals surface area contributed by atoms with E-state index in [1.807, 2.05) is 34.8 Å². The Morgan fingerprint density at radius 2 is 1.96 bits per heavy atom. The summed E-state index contributed by atoms with van der Waals surface area (Å²) in [6.45, 7) is 1.24. The molecule has 2 aromatic rings. The molecule has 0 atom stereocenters. The molecular weight excluding hydrogens is 378 g/mol. The van der Waals surface area contributed by atoms with Crippen molar-refractivity contribution in [2.24, 2.45) is 7.05 Å². The first kappa shape index (κ1) is 20.4. The number of aryl methyl sites for hydroxylation is 1. The number of amides is 2. The number of nitrogens with zero attached hydrogens (tertiary/aromatic N) is 3. The molecule has 0 unspecified atom stereocenters. The average Bonchev–Trinajstić information content (AvgIpc) is 3.45. The molecule has 1 aliphatic rings. The standard InChI is InChI=1S/C21H26ClN3O3/c1-23-11-5-6-17(23)14-25(16-9-10-16)20(26)15-24(12-13-28-2)21(27)18-7-3-4-8-19(18)22/h3-8,11,16H,9-10,12-15H2,1-2H3. The summed E-state index contributed by atoms with van der Waals surface area (Å²) >= 11 is 6.19. The summed E-state index contributed by atoms with van der Waals surface area (Å²) in [6, 6.07) is 11.1. The van der Waals surface area contributed by atoms with Crippen LogP contribution in [0.5, 0.6) is 0 Å². The highest BCUT2D eigenvalue weighted by Crippen LogP contribution is 2.29. The molecule has 7 heteroatoms. The summed E-state index contributed by atoms with van der Waals surface area (Å²) in [5, 5.41) is 0.380. The van der Waals surface area contributed by atoms with Crippen LogP contribution in [0.25, 0.3) is 0 Å². The number of carbonyl (C=O) groups is 2. The van der Waals surface area contributed by atoms with Gasteiger partial charge in [0.2, 0.25) is 5.91 Å². The quantitative estimate of drug-likeness (QED) is 0.646. The molecule has 28 heavy (non-hydrogen) atoms. The number of halogens is 1. The van der Waals surface area contributed by atoms with Crippen molar-refractivity contribution in [2.45, 2.75) is 25.4 Å². The van der Waals surface area contributed by atoms with Crippen LogP contribution in [0.3, 0.4) is 0 Å². The second-order valence-corrected chi connectivity index (χ2v) is 7.47. The molecule has 0 spiro atoms. The summed E-state index contributed by atoms with van der Waals surface area (Å²) < 4.78 is 7.15. The zero-order valence-corrected chi connectivity index (χ0v) is 17.1. The Bertz CT molecular complexity index is 832. The topological polar surface area (TPSA) is 54.8 Å². The molecule has 0 radical (unpaired) electrons. The van der Waals surface area contributed by atoms with E-state index in [9.17, 15) is 9.59 Å². The van der Waals surface area contributed by atoms with Gasteiger partial charge in [-0.05, 0) is 37.1 Å². The summed E-state index contributed by atoms with van der Waals surface area (Å²) in [6.07, 6.45) is 3.98. The Hall–Kier alpha value is -2.31. The highest BCUT2D eigenvalue weighted by Gasteiger charge is 2.34. The first-order chi connectivity index (χ1) is 13.5. The maximum absolute atomic E-state index is 13.1. The number of ether oxygens (including phenoxy) is 1. The molecule has 1 aromatic heterocycles. The van der Waals surface area contributed by atoms with Crippen molar-refractivity contribution >= 4 is 23.4 Å². The molecule has 0 bridgehead atoms. The monoisotopic (exact) mass is 403 g/mol. The van der Waals surface area contributed by atoms with Crippen molar-refractivity contribution in [3.63, 3.8) is 0 Å². The van der Waals surface area contributed by atoms with Crippen molar-refractivity contribution in [2.75, 3.05) is 26.8 Å². The molecule has 2 amide bonds. The molecule has 0 saturated heterocycles. The minimum absolute atomic E-state index is 0.00827. The van der Waals surface area contributed by atoms with Crippen LogP contribution < -0.4 is 0 Å². The fourth-order valence-corrected chi connectivity index (χ4v) is 3.37. The summed E-state index contributed by atoms with van der Waals surface area (Å²) in [5.41, 5.74) is 1.47. The Kier molecular flexibility index (Phi) is 6.75. The molecule has 150 valence electrons. The molecule has 1 aliphatic carbocycles. The van der Waals surface area contributed by atoms with Crippen molar-refractivity contribution in [3.05, 3.63) is 58.9 Å². The van der Waals surface area contributed by atoms with E-state index in [4.69, 9.17) is 16.3 Å². The number of hydrogen-bond acceptors (Lipinski definition) is 3. The van der Waals surface area contributed by atoms with E-state index < -0.39 is 0 Å². The third-order valence-corrected chi connectivity index (χ3v) is 5.30. The van der Waals surface area contributed by atoms with Crippen molar-refractivity contribution in [1.82, 2.24) is 14.4 Å². The molecule has 1 heterocycles. The van der Waals surface area contributed by atoms with Crippen molar-refractivity contribution < 1.29 is 14.3 Å². The van der Waals surface area contributed by atoms with Crippen LogP contribution in [0.15, 0.2) is 42.6 Å². The number of aromatic nitrogens is 1. The first-order valence-corrected chi connectivity index (χ1v) is 9.81. The van der Waals surface area contributed by atoms with Crippen LogP contribution in [0, 0.1) is 0 Å². The van der Waals surface area contributed by atoms with Gasteiger partial charge in [0.15, 0.2) is 0 Å². The lowest BCUT2D eigenvalue weighted by atomic mass is 10.2. The number of benzene rings is 1. The van der Waals surface area contributed by atoms with E-state index >= 15 is 0 Å². The Balaban J connectivity index is 1.75. The SMILES string of the molecule is COCCN(CC(=O)N(Cc1cccn1C)C1CC1)C(=O)c1ccccc1Cl. The maximum atomic E-state index is 13.1. The van der Waals surface area contributed by atoms with Gasteiger partial charge >= 0.3 is 0 Å². The first-order valence-electron chi connectivity index (χ1n) is 9.43. The number of rotatable bonds is 9. The molecule has 6 nitrogen and oxygen atoms in total. The molecule has 3 rings (SSSR count). The zero-order valence-electron chi connectivity index (χ0n) is 16.3. The van der Waals surface area contributed by atoms with Gasteiger partial charge in [-0.1, -0.05) is 23.7 Å². The van der Waals surface area contributed by atoms with Crippen LogP contribution in [-0.4, -0.2) is 59.0 Å². The lowest BCUT2D eigenvalue weighted by Crippen LogP contribution is -2.45. The van der Waals surface area contributed by atoms with E-state index in [1.165, 1.54) is 4.90 Å². The van der Waals surface area contributed by atoms with Crippen LogP contribution in [-0.2, 0) is 23.1 Å². The predicted molar refractivity (Wildman–Crippen MR) is 108 cm³/mol. The van der Waals surface area contributed by atoms with Gasteiger partial charge in [0.1, 0.15) is 6.54 Å². The van der Waals surface area contributed by atoms with Crippen molar-refractivity contribution in [1.29, 1.82) is 0 Å². The van der Waals surface area contributed by atoms with E-state index in [0.29, 0.717) is 30.3 Å². The van der Waals surface area contributed by atoms with Gasteiger partial charge in [-0.25, -0.2) is 0 Å². The molecular formula is C21H26ClN3O3. The van der Waals surface area contributed by atoms with E-state index in [1.54, 1.807) is 31.4 Å². The molecule has 1 aromatic carbocycles. The number of hydrogen-bond donors (Lipinski definition) is 0. The highest BCUT2D eigenvalue weighted by atomic mass is 35.5. The largest absolute Gasteiger partial charge is 0.383 e. The van der Waals surface area contributed by atoms with Crippen LogP contribution in [0.2, 0.25) is 5.02 Å². The van der Waals surface area contributed by atoms with Gasteiger partial charge in [0.05, 0.1) is 23.7 Å². The second-order valence-electron chi connectivity index (χ2n) is 7.06. The minimum atomic E-state index is -0.259. The van der Waals surface area contributed by atoms with Gasteiger partial charge in [0, 0.05) is 38.6 Å². The fourth-order valence-electron chi connectivity index (χ4n) is 3.16. The van der Waals surface area contributed by atoms with Gasteiger partial charge in [-0.15, -0.1) is 0 Å². The van der Waals surface area contributed by atoms with E-state index in [-0.39, 0.29) is 24.4 Å². The van der Waals surface area contributed by atoms with Crippen LogP contribution in [0.4, 0.5) is 0 Å². The maximum Gasteiger partial charge on any atom is 0.255 e. The van der Waals surface area contributed by atoms with E-state index in [2.05, 4.69) is 0 Å². The Morgan fingerprint density at radius 1 is 1.21 bits per heavy atom. The fraction of sp³-hybridized carbons (Fsp3) is 0.429. The van der Waals surface area contributed by atoms with Gasteiger partial charge < -0.3 is 19.1 Å². The van der Waals surface area contributed by atoms with Crippen molar-refractivity contribution in [3.8, 4) is 0 Å². The zero-order chi connectivity index (χ0) is 20.1.